The van der Waals surface area contributed by atoms with Crippen molar-refractivity contribution in [1.29, 1.82) is 0 Å². The molecule has 0 aliphatic carbocycles. The highest BCUT2D eigenvalue weighted by Crippen LogP contribution is 2.12. The molecule has 0 spiro atoms. The van der Waals surface area contributed by atoms with Gasteiger partial charge in [0, 0.05) is 25.7 Å². The van der Waals surface area contributed by atoms with Crippen molar-refractivity contribution in [3.63, 3.8) is 0 Å². The number of carbonyl (C=O) groups is 1. The van der Waals surface area contributed by atoms with Gasteiger partial charge in [-0.3, -0.25) is 4.79 Å². The van der Waals surface area contributed by atoms with Crippen molar-refractivity contribution in [1.82, 2.24) is 10.2 Å². The second-order valence-electron chi connectivity index (χ2n) is 4.23. The number of halogens is 2. The fraction of sp³-hybridized carbons (Fsp3) is 0.462. The van der Waals surface area contributed by atoms with Crippen molar-refractivity contribution in [3.05, 3.63) is 30.1 Å². The Kier molecular flexibility index (Phi) is 6.59. The summed E-state index contributed by atoms with van der Waals surface area (Å²) in [5, 5.41) is 3.23. The average molecular weight is 289 g/mol. The minimum Gasteiger partial charge on any atom is -0.484 e. The first kappa shape index (κ1) is 15.7. The second kappa shape index (κ2) is 7.96. The summed E-state index contributed by atoms with van der Waals surface area (Å²) in [4.78, 5) is 13.7. The van der Waals surface area contributed by atoms with Crippen LogP contribution in [-0.2, 0) is 4.79 Å². The number of rotatable bonds is 3. The normalized spacial score (nSPS) is 15.3. The zero-order chi connectivity index (χ0) is 12.8. The Morgan fingerprint density at radius 2 is 2.21 bits per heavy atom. The molecule has 1 amide bonds. The highest BCUT2D eigenvalue weighted by atomic mass is 35.5. The van der Waals surface area contributed by atoms with E-state index < -0.39 is 0 Å². The Balaban J connectivity index is 0.00000180. The molecule has 0 unspecified atom stereocenters. The fourth-order valence-electron chi connectivity index (χ4n) is 1.89. The highest BCUT2D eigenvalue weighted by Gasteiger charge is 2.15. The average Bonchev–Trinajstić information content (AvgIpc) is 2.65. The molecule has 106 valence electrons. The molecule has 6 heteroatoms. The summed E-state index contributed by atoms with van der Waals surface area (Å²) in [5.41, 5.74) is 0. The lowest BCUT2D eigenvalue weighted by Gasteiger charge is -2.19. The standard InChI is InChI=1S/C13H17FN2O2.ClH/c14-11-3-1-4-12(9-11)18-10-13(17)16-7-2-5-15-6-8-16;/h1,3-4,9,15H,2,5-8,10H2;1H. The summed E-state index contributed by atoms with van der Waals surface area (Å²) in [6.45, 7) is 3.16. The van der Waals surface area contributed by atoms with E-state index >= 15 is 0 Å². The van der Waals surface area contributed by atoms with Crippen molar-refractivity contribution in [3.8, 4) is 5.75 Å². The molecular weight excluding hydrogens is 271 g/mol. The number of nitrogens with one attached hydrogen (secondary N) is 1. The van der Waals surface area contributed by atoms with Gasteiger partial charge in [0.25, 0.3) is 5.91 Å². The lowest BCUT2D eigenvalue weighted by molar-refractivity contribution is -0.133. The number of ether oxygens (including phenoxy) is 1. The number of amides is 1. The van der Waals surface area contributed by atoms with Gasteiger partial charge in [0.2, 0.25) is 0 Å². The van der Waals surface area contributed by atoms with Crippen LogP contribution in [0.1, 0.15) is 6.42 Å². The molecule has 1 aromatic carbocycles. The Hall–Kier alpha value is -1.33. The monoisotopic (exact) mass is 288 g/mol. The van der Waals surface area contributed by atoms with Gasteiger partial charge in [0.05, 0.1) is 0 Å². The lowest BCUT2D eigenvalue weighted by atomic mass is 10.3. The minimum atomic E-state index is -0.362. The first-order chi connectivity index (χ1) is 8.75. The highest BCUT2D eigenvalue weighted by molar-refractivity contribution is 5.85. The number of nitrogens with zero attached hydrogens (tertiary/aromatic N) is 1. The van der Waals surface area contributed by atoms with Crippen LogP contribution in [0.25, 0.3) is 0 Å². The second-order valence-corrected chi connectivity index (χ2v) is 4.23. The molecule has 0 radical (unpaired) electrons. The van der Waals surface area contributed by atoms with Crippen LogP contribution in [0.2, 0.25) is 0 Å². The molecular formula is C13H18ClFN2O2. The first-order valence-electron chi connectivity index (χ1n) is 6.12. The third kappa shape index (κ3) is 5.04. The van der Waals surface area contributed by atoms with Gasteiger partial charge in [0.1, 0.15) is 11.6 Å². The quantitative estimate of drug-likeness (QED) is 0.915. The predicted molar refractivity (Wildman–Crippen MR) is 73.2 cm³/mol. The molecule has 1 saturated heterocycles. The molecule has 0 saturated carbocycles. The zero-order valence-corrected chi connectivity index (χ0v) is 11.4. The Bertz CT molecular complexity index is 409. The molecule has 0 atom stereocenters. The Labute approximate surface area is 118 Å². The van der Waals surface area contributed by atoms with Crippen LogP contribution in [0.4, 0.5) is 4.39 Å². The van der Waals surface area contributed by atoms with Crippen LogP contribution in [0.5, 0.6) is 5.75 Å². The van der Waals surface area contributed by atoms with E-state index in [0.717, 1.165) is 26.1 Å². The van der Waals surface area contributed by atoms with Crippen LogP contribution in [0, 0.1) is 5.82 Å². The maximum absolute atomic E-state index is 12.9. The summed E-state index contributed by atoms with van der Waals surface area (Å²) in [6, 6.07) is 5.82. The maximum Gasteiger partial charge on any atom is 0.260 e. The van der Waals surface area contributed by atoms with E-state index in [1.165, 1.54) is 12.1 Å². The van der Waals surface area contributed by atoms with Gasteiger partial charge in [-0.15, -0.1) is 12.4 Å². The predicted octanol–water partition coefficient (Wildman–Crippen LogP) is 1.45. The van der Waals surface area contributed by atoms with Crippen LogP contribution in [0.3, 0.4) is 0 Å². The van der Waals surface area contributed by atoms with Gasteiger partial charge in [-0.1, -0.05) is 6.07 Å². The maximum atomic E-state index is 12.9. The molecule has 19 heavy (non-hydrogen) atoms. The number of benzene rings is 1. The van der Waals surface area contributed by atoms with Gasteiger partial charge in [0.15, 0.2) is 6.61 Å². The van der Waals surface area contributed by atoms with Gasteiger partial charge in [-0.25, -0.2) is 4.39 Å². The van der Waals surface area contributed by atoms with Gasteiger partial charge in [-0.2, -0.15) is 0 Å². The summed E-state index contributed by atoms with van der Waals surface area (Å²) >= 11 is 0. The topological polar surface area (TPSA) is 41.6 Å². The van der Waals surface area contributed by atoms with Crippen molar-refractivity contribution in [2.75, 3.05) is 32.8 Å². The van der Waals surface area contributed by atoms with Gasteiger partial charge < -0.3 is 15.0 Å². The zero-order valence-electron chi connectivity index (χ0n) is 10.6. The van der Waals surface area contributed by atoms with E-state index in [1.807, 2.05) is 0 Å². The van der Waals surface area contributed by atoms with E-state index in [2.05, 4.69) is 5.32 Å². The molecule has 1 aromatic rings. The Morgan fingerprint density at radius 3 is 3.00 bits per heavy atom. The number of carbonyl (C=O) groups excluding carboxylic acids is 1. The molecule has 4 nitrogen and oxygen atoms in total. The largest absolute Gasteiger partial charge is 0.484 e. The Morgan fingerprint density at radius 1 is 1.37 bits per heavy atom. The molecule has 1 aliphatic rings. The summed E-state index contributed by atoms with van der Waals surface area (Å²) in [7, 11) is 0. The molecule has 1 heterocycles. The first-order valence-corrected chi connectivity index (χ1v) is 6.12. The molecule has 1 aliphatic heterocycles. The SMILES string of the molecule is Cl.O=C(COc1cccc(F)c1)N1CCCNCC1. The van der Waals surface area contributed by atoms with Crippen LogP contribution in [0.15, 0.2) is 24.3 Å². The van der Waals surface area contributed by atoms with E-state index in [4.69, 9.17) is 4.74 Å². The van der Waals surface area contributed by atoms with E-state index in [9.17, 15) is 9.18 Å². The summed E-state index contributed by atoms with van der Waals surface area (Å²) in [5.74, 6) is -0.0295. The van der Waals surface area contributed by atoms with Crippen molar-refractivity contribution < 1.29 is 13.9 Å². The molecule has 1 fully saturated rings. The summed E-state index contributed by atoms with van der Waals surface area (Å²) < 4.78 is 18.2. The van der Waals surface area contributed by atoms with Crippen LogP contribution in [-0.4, -0.2) is 43.6 Å². The van der Waals surface area contributed by atoms with Crippen molar-refractivity contribution in [2.45, 2.75) is 6.42 Å². The van der Waals surface area contributed by atoms with Crippen molar-refractivity contribution >= 4 is 18.3 Å². The van der Waals surface area contributed by atoms with Crippen LogP contribution >= 0.6 is 12.4 Å². The van der Waals surface area contributed by atoms with Crippen molar-refractivity contribution in [2.24, 2.45) is 0 Å². The lowest BCUT2D eigenvalue weighted by Crippen LogP contribution is -2.37. The third-order valence-corrected chi connectivity index (χ3v) is 2.85. The van der Waals surface area contributed by atoms with E-state index in [-0.39, 0.29) is 30.7 Å². The molecule has 0 bridgehead atoms. The van der Waals surface area contributed by atoms with Gasteiger partial charge >= 0.3 is 0 Å². The minimum absolute atomic E-state index is 0. The fourth-order valence-corrected chi connectivity index (χ4v) is 1.89. The molecule has 0 aromatic heterocycles. The third-order valence-electron chi connectivity index (χ3n) is 2.85. The van der Waals surface area contributed by atoms with E-state index in [1.54, 1.807) is 17.0 Å². The number of hydrogen-bond donors (Lipinski definition) is 1. The number of hydrogen-bond acceptors (Lipinski definition) is 3. The molecule has 2 rings (SSSR count). The van der Waals surface area contributed by atoms with E-state index in [0.29, 0.717) is 12.3 Å². The van der Waals surface area contributed by atoms with Crippen LogP contribution < -0.4 is 10.1 Å². The smallest absolute Gasteiger partial charge is 0.260 e. The summed E-state index contributed by atoms with van der Waals surface area (Å²) in [6.07, 6.45) is 0.950. The molecule has 1 N–H and O–H groups in total. The van der Waals surface area contributed by atoms with Gasteiger partial charge in [-0.05, 0) is 25.1 Å².